The summed E-state index contributed by atoms with van der Waals surface area (Å²) in [6.45, 7) is 0.406. The molecular formula is C20H16F3N5O2S. The van der Waals surface area contributed by atoms with Gasteiger partial charge in [-0.15, -0.1) is 10.2 Å². The molecule has 2 aromatic carbocycles. The van der Waals surface area contributed by atoms with Gasteiger partial charge in [-0.05, 0) is 43.2 Å². The van der Waals surface area contributed by atoms with Crippen molar-refractivity contribution in [2.75, 3.05) is 17.2 Å². The van der Waals surface area contributed by atoms with E-state index in [0.717, 1.165) is 23.5 Å². The molecule has 160 valence electrons. The van der Waals surface area contributed by atoms with Crippen LogP contribution in [0.25, 0.3) is 0 Å². The zero-order chi connectivity index (χ0) is 22.0. The van der Waals surface area contributed by atoms with E-state index in [1.165, 1.54) is 23.1 Å². The van der Waals surface area contributed by atoms with Crippen molar-refractivity contribution >= 4 is 34.6 Å². The lowest BCUT2D eigenvalue weighted by Gasteiger charge is -2.23. The Kier molecular flexibility index (Phi) is 5.85. The van der Waals surface area contributed by atoms with Crippen LogP contribution in [0.15, 0.2) is 42.5 Å². The maximum Gasteiger partial charge on any atom is 0.322 e. The van der Waals surface area contributed by atoms with E-state index in [1.54, 1.807) is 6.07 Å². The third kappa shape index (κ3) is 4.66. The highest BCUT2D eigenvalue weighted by Crippen LogP contribution is 2.34. The van der Waals surface area contributed by atoms with Gasteiger partial charge >= 0.3 is 6.03 Å². The molecule has 3 amide bonds. The monoisotopic (exact) mass is 447 g/mol. The molecule has 7 nitrogen and oxygen atoms in total. The molecule has 1 aromatic heterocycles. The number of carbonyl (C=O) groups excluding carboxylic acids is 2. The van der Waals surface area contributed by atoms with E-state index < -0.39 is 35.4 Å². The normalized spacial score (nSPS) is 15.7. The van der Waals surface area contributed by atoms with Gasteiger partial charge in [0.2, 0.25) is 5.01 Å². The Morgan fingerprint density at radius 1 is 1.03 bits per heavy atom. The van der Waals surface area contributed by atoms with Crippen LogP contribution in [0.4, 0.5) is 29.3 Å². The molecule has 1 aliphatic rings. The van der Waals surface area contributed by atoms with E-state index >= 15 is 0 Å². The van der Waals surface area contributed by atoms with E-state index in [1.807, 2.05) is 0 Å². The Morgan fingerprint density at radius 2 is 1.84 bits per heavy atom. The van der Waals surface area contributed by atoms with Crippen LogP contribution in [0.1, 0.15) is 33.7 Å². The van der Waals surface area contributed by atoms with Crippen LogP contribution in [-0.4, -0.2) is 33.6 Å². The third-order valence-electron chi connectivity index (χ3n) is 4.69. The zero-order valence-corrected chi connectivity index (χ0v) is 16.8. The summed E-state index contributed by atoms with van der Waals surface area (Å²) < 4.78 is 40.2. The molecule has 4 rings (SSSR count). The third-order valence-corrected chi connectivity index (χ3v) is 5.71. The first-order chi connectivity index (χ1) is 14.9. The number of halogens is 3. The molecule has 0 unspecified atom stereocenters. The molecular weight excluding hydrogens is 431 g/mol. The lowest BCUT2D eigenvalue weighted by Crippen LogP contribution is -2.34. The summed E-state index contributed by atoms with van der Waals surface area (Å²) >= 11 is 1.02. The topological polar surface area (TPSA) is 87.2 Å². The molecule has 0 spiro atoms. The van der Waals surface area contributed by atoms with Crippen molar-refractivity contribution in [2.24, 2.45) is 0 Å². The minimum atomic E-state index is -0.878. The van der Waals surface area contributed by atoms with Crippen LogP contribution in [0.3, 0.4) is 0 Å². The molecule has 1 atom stereocenters. The van der Waals surface area contributed by atoms with E-state index in [-0.39, 0.29) is 16.4 Å². The molecule has 1 aliphatic heterocycles. The van der Waals surface area contributed by atoms with Gasteiger partial charge in [0.1, 0.15) is 22.5 Å². The van der Waals surface area contributed by atoms with Crippen LogP contribution < -0.4 is 10.6 Å². The molecule has 0 saturated carbocycles. The summed E-state index contributed by atoms with van der Waals surface area (Å²) in [6.07, 6.45) is 1.29. The first-order valence-electron chi connectivity index (χ1n) is 9.34. The van der Waals surface area contributed by atoms with Gasteiger partial charge < -0.3 is 15.5 Å². The molecule has 31 heavy (non-hydrogen) atoms. The molecule has 0 radical (unpaired) electrons. The fourth-order valence-electron chi connectivity index (χ4n) is 3.26. The molecule has 0 aliphatic carbocycles. The highest BCUT2D eigenvalue weighted by atomic mass is 32.1. The van der Waals surface area contributed by atoms with Crippen molar-refractivity contribution < 1.29 is 22.8 Å². The van der Waals surface area contributed by atoms with Crippen LogP contribution in [0.5, 0.6) is 0 Å². The van der Waals surface area contributed by atoms with Crippen molar-refractivity contribution in [1.29, 1.82) is 0 Å². The van der Waals surface area contributed by atoms with Crippen LogP contribution in [0, 0.1) is 17.5 Å². The number of hydrogen-bond acceptors (Lipinski definition) is 5. The lowest BCUT2D eigenvalue weighted by atomic mass is 10.2. The quantitative estimate of drug-likeness (QED) is 0.613. The van der Waals surface area contributed by atoms with Gasteiger partial charge in [-0.1, -0.05) is 17.4 Å². The Bertz CT molecular complexity index is 1140. The largest absolute Gasteiger partial charge is 0.322 e. The first-order valence-corrected chi connectivity index (χ1v) is 10.2. The van der Waals surface area contributed by atoms with Crippen molar-refractivity contribution in [1.82, 2.24) is 15.1 Å². The number of nitrogens with zero attached hydrogens (tertiary/aromatic N) is 3. The van der Waals surface area contributed by atoms with Crippen molar-refractivity contribution in [3.8, 4) is 0 Å². The second kappa shape index (κ2) is 8.72. The number of amides is 3. The van der Waals surface area contributed by atoms with Gasteiger partial charge in [0, 0.05) is 18.3 Å². The van der Waals surface area contributed by atoms with Gasteiger partial charge in [0.05, 0.1) is 11.7 Å². The van der Waals surface area contributed by atoms with Gasteiger partial charge in [0.25, 0.3) is 5.91 Å². The first kappa shape index (κ1) is 20.8. The average Bonchev–Trinajstić information content (AvgIpc) is 3.39. The molecule has 1 saturated heterocycles. The van der Waals surface area contributed by atoms with Gasteiger partial charge in [0.15, 0.2) is 0 Å². The molecule has 11 heteroatoms. The van der Waals surface area contributed by atoms with E-state index in [0.29, 0.717) is 30.5 Å². The van der Waals surface area contributed by atoms with E-state index in [4.69, 9.17) is 0 Å². The minimum Gasteiger partial charge on any atom is -0.320 e. The SMILES string of the molecule is O=C(Nc1cccc(F)c1)c1nnc([C@H]2CCCN2C(=O)Nc2ccc(F)cc2F)s1. The lowest BCUT2D eigenvalue weighted by molar-refractivity contribution is 0.102. The summed E-state index contributed by atoms with van der Waals surface area (Å²) in [7, 11) is 0. The summed E-state index contributed by atoms with van der Waals surface area (Å²) in [6, 6.07) is 7.34. The Hall–Kier alpha value is -3.47. The number of urea groups is 1. The predicted octanol–water partition coefficient (Wildman–Crippen LogP) is 4.58. The Balaban J connectivity index is 1.46. The minimum absolute atomic E-state index is 0.0658. The number of benzene rings is 2. The van der Waals surface area contributed by atoms with Crippen LogP contribution in [0.2, 0.25) is 0 Å². The average molecular weight is 447 g/mol. The number of nitrogens with one attached hydrogen (secondary N) is 2. The van der Waals surface area contributed by atoms with Crippen molar-refractivity contribution in [3.63, 3.8) is 0 Å². The second-order valence-corrected chi connectivity index (χ2v) is 7.82. The van der Waals surface area contributed by atoms with Gasteiger partial charge in [-0.2, -0.15) is 0 Å². The summed E-state index contributed by atoms with van der Waals surface area (Å²) in [4.78, 5) is 26.5. The van der Waals surface area contributed by atoms with Crippen molar-refractivity contribution in [3.05, 3.63) is 69.9 Å². The number of anilines is 2. The molecule has 1 fully saturated rings. The zero-order valence-electron chi connectivity index (χ0n) is 15.9. The standard InChI is InChI=1S/C20H16F3N5O2S/c21-11-3-1-4-13(9-11)24-17(29)19-27-26-18(31-19)16-5-2-8-28(16)20(30)25-15-7-6-12(22)10-14(15)23/h1,3-4,6-7,9-10,16H,2,5,8H2,(H,24,29)(H,25,30)/t16-/m1/s1. The summed E-state index contributed by atoms with van der Waals surface area (Å²) in [5.41, 5.74) is 0.148. The van der Waals surface area contributed by atoms with E-state index in [9.17, 15) is 22.8 Å². The smallest absolute Gasteiger partial charge is 0.320 e. The van der Waals surface area contributed by atoms with Gasteiger partial charge in [-0.3, -0.25) is 4.79 Å². The highest BCUT2D eigenvalue weighted by Gasteiger charge is 2.33. The van der Waals surface area contributed by atoms with Crippen LogP contribution in [-0.2, 0) is 0 Å². The molecule has 0 bridgehead atoms. The summed E-state index contributed by atoms with van der Waals surface area (Å²) in [5, 5.41) is 13.4. The maximum absolute atomic E-state index is 13.9. The van der Waals surface area contributed by atoms with Crippen LogP contribution >= 0.6 is 11.3 Å². The fraction of sp³-hybridized carbons (Fsp3) is 0.200. The summed E-state index contributed by atoms with van der Waals surface area (Å²) in [5.74, 6) is -2.65. The second-order valence-electron chi connectivity index (χ2n) is 6.82. The number of rotatable bonds is 4. The fourth-order valence-corrected chi connectivity index (χ4v) is 4.14. The van der Waals surface area contributed by atoms with E-state index in [2.05, 4.69) is 20.8 Å². The molecule has 2 N–H and O–H groups in total. The Morgan fingerprint density at radius 3 is 2.61 bits per heavy atom. The molecule has 3 aromatic rings. The molecule has 2 heterocycles. The number of hydrogen-bond donors (Lipinski definition) is 2. The number of carbonyl (C=O) groups is 2. The number of aromatic nitrogens is 2. The van der Waals surface area contributed by atoms with Gasteiger partial charge in [-0.25, -0.2) is 18.0 Å². The maximum atomic E-state index is 13.9. The highest BCUT2D eigenvalue weighted by molar-refractivity contribution is 7.13. The van der Waals surface area contributed by atoms with Crippen molar-refractivity contribution in [2.45, 2.75) is 18.9 Å². The predicted molar refractivity (Wildman–Crippen MR) is 108 cm³/mol. The number of likely N-dealkylation sites (tertiary alicyclic amines) is 1. The Labute approximate surface area is 178 Å².